The van der Waals surface area contributed by atoms with Gasteiger partial charge in [0.15, 0.2) is 5.58 Å². The number of anilines is 12. The van der Waals surface area contributed by atoms with Gasteiger partial charge in [0.05, 0.1) is 27.5 Å². The summed E-state index contributed by atoms with van der Waals surface area (Å²) in [6.45, 7) is 69.8. The Morgan fingerprint density at radius 3 is 1.09 bits per heavy atom. The van der Waals surface area contributed by atoms with Crippen LogP contribution in [-0.2, 0) is 48.7 Å². The predicted molar refractivity (Wildman–Crippen MR) is 644 cm³/mol. The van der Waals surface area contributed by atoms with Gasteiger partial charge in [-0.15, -0.1) is 11.3 Å². The third-order valence-electron chi connectivity index (χ3n) is 34.5. The van der Waals surface area contributed by atoms with Gasteiger partial charge in [0.25, 0.3) is 13.4 Å². The number of aryl methyl sites for hydroxylation is 5. The van der Waals surface area contributed by atoms with Gasteiger partial charge in [-0.3, -0.25) is 0 Å². The quantitative estimate of drug-likeness (QED) is 0.142. The Labute approximate surface area is 886 Å². The van der Waals surface area contributed by atoms with Gasteiger partial charge in [-0.25, -0.2) is 0 Å². The number of hydrogen-bond donors (Lipinski definition) is 0. The number of furan rings is 1. The Hall–Kier alpha value is -14.1. The van der Waals surface area contributed by atoms with Gasteiger partial charge < -0.3 is 33.2 Å². The molecule has 20 aromatic rings. The first-order valence-corrected chi connectivity index (χ1v) is 55.0. The number of aromatic nitrogens is 2. The molecule has 7 nitrogen and oxygen atoms in total. The zero-order valence-corrected chi connectivity index (χ0v) is 93.7. The summed E-state index contributed by atoms with van der Waals surface area (Å²) in [7, 11) is 0. The van der Waals surface area contributed by atoms with E-state index in [-0.39, 0.29) is 62.2 Å². The molecule has 0 saturated carbocycles. The number of thiophene rings is 1. The lowest BCUT2D eigenvalue weighted by Crippen LogP contribution is -2.60. The zero-order valence-electron chi connectivity index (χ0n) is 92.9. The van der Waals surface area contributed by atoms with Crippen LogP contribution in [0.4, 0.5) is 68.2 Å². The third kappa shape index (κ3) is 14.4. The van der Waals surface area contributed by atoms with Crippen molar-refractivity contribution in [3.8, 4) is 33.9 Å². The van der Waals surface area contributed by atoms with Crippen LogP contribution in [-0.4, -0.2) is 22.6 Å². The van der Waals surface area contributed by atoms with E-state index in [4.69, 9.17) is 4.42 Å². The highest BCUT2D eigenvalue weighted by Crippen LogP contribution is 2.60. The van der Waals surface area contributed by atoms with Crippen LogP contribution in [0.3, 0.4) is 0 Å². The molecule has 6 aliphatic rings. The smallest absolute Gasteiger partial charge is 0.252 e. The first-order valence-electron chi connectivity index (χ1n) is 54.2. The molecule has 149 heavy (non-hydrogen) atoms. The SMILES string of the molecule is Cc1cc(C(C)(C)C)ccc1N(c1ccc2c(c1)N(c1cccc3c1oc1cc(C(C)(C)C)ccc13)c1cc(C(C)(C)C)cc3c1B2c1cccc2c4c(n-3c12)-c1ccccc1C4(C)C)c1ccc(C(C)(C)C)cc1C.Cc1cc2c3c(c1)-n1c4c(c5cccc(c51)B3c1ccc(N(c3ccc(C(C)(C)C)cc3C)c3ccc(C(C)(C)C)cc3C)cc1N2c1cccc2c1sc1cc(C(C)(C)C)ccc12)C(C)(C)c1ccccc1-4. The van der Waals surface area contributed by atoms with Gasteiger partial charge in [0.2, 0.25) is 0 Å². The fraction of sp³-hybridized carbons (Fsp3) is 0.281. The molecule has 0 radical (unpaired) electrons. The Morgan fingerprint density at radius 1 is 0.282 bits per heavy atom. The highest BCUT2D eigenvalue weighted by Gasteiger charge is 2.52. The van der Waals surface area contributed by atoms with Crippen LogP contribution in [0.25, 0.3) is 97.8 Å². The van der Waals surface area contributed by atoms with Crippen molar-refractivity contribution >= 4 is 190 Å². The third-order valence-corrected chi connectivity index (χ3v) is 35.7. The molecule has 0 spiro atoms. The monoisotopic (exact) mass is 1960 g/mol. The van der Waals surface area contributed by atoms with Crippen molar-refractivity contribution in [1.29, 1.82) is 0 Å². The molecule has 4 aromatic heterocycles. The number of nitrogens with zero attached hydrogens (tertiary/aromatic N) is 6. The summed E-state index contributed by atoms with van der Waals surface area (Å²) in [6, 6.07) is 114. The van der Waals surface area contributed by atoms with E-state index in [1.165, 1.54) is 243 Å². The highest BCUT2D eigenvalue weighted by molar-refractivity contribution is 7.26. The summed E-state index contributed by atoms with van der Waals surface area (Å²) in [4.78, 5) is 10.3. The highest BCUT2D eigenvalue weighted by atomic mass is 32.1. The van der Waals surface area contributed by atoms with Crippen molar-refractivity contribution in [2.75, 3.05) is 19.6 Å². The average Bonchev–Trinajstić information content (AvgIpc) is 1.52. The fourth-order valence-electron chi connectivity index (χ4n) is 26.4. The molecule has 742 valence electrons. The van der Waals surface area contributed by atoms with Crippen molar-refractivity contribution in [3.05, 3.63) is 380 Å². The molecule has 0 saturated heterocycles. The lowest BCUT2D eigenvalue weighted by atomic mass is 9.33. The second kappa shape index (κ2) is 32.5. The van der Waals surface area contributed by atoms with Crippen LogP contribution in [0.1, 0.15) is 262 Å². The van der Waals surface area contributed by atoms with Gasteiger partial charge in [-0.05, 0) is 291 Å². The molecule has 16 aromatic carbocycles. The molecular weight excluding hydrogens is 1820 g/mol. The van der Waals surface area contributed by atoms with Crippen molar-refractivity contribution in [1.82, 2.24) is 9.13 Å². The van der Waals surface area contributed by atoms with E-state index in [2.05, 4.69) is 528 Å². The Balaban J connectivity index is 0.000000155. The van der Waals surface area contributed by atoms with Crippen molar-refractivity contribution < 1.29 is 4.42 Å². The van der Waals surface area contributed by atoms with Crippen LogP contribution in [0.5, 0.6) is 0 Å². The minimum atomic E-state index is -0.183. The molecule has 0 amide bonds. The minimum Gasteiger partial charge on any atom is -0.454 e. The molecule has 0 fully saturated rings. The summed E-state index contributed by atoms with van der Waals surface area (Å²) in [5.74, 6) is 0. The molecule has 0 bridgehead atoms. The lowest BCUT2D eigenvalue weighted by Gasteiger charge is -2.42. The molecule has 2 aliphatic carbocycles. The van der Waals surface area contributed by atoms with E-state index in [1.54, 1.807) is 0 Å². The first kappa shape index (κ1) is 95.8. The van der Waals surface area contributed by atoms with Crippen LogP contribution in [0.2, 0.25) is 0 Å². The maximum atomic E-state index is 7.28. The van der Waals surface area contributed by atoms with E-state index in [9.17, 15) is 0 Å². The maximum Gasteiger partial charge on any atom is 0.252 e. The number of para-hydroxylation sites is 3. The lowest BCUT2D eigenvalue weighted by molar-refractivity contribution is 0.587. The van der Waals surface area contributed by atoms with Crippen LogP contribution < -0.4 is 52.4 Å². The number of hydrogen-bond acceptors (Lipinski definition) is 6. The molecular formula is C139H138B2N6OS. The summed E-state index contributed by atoms with van der Waals surface area (Å²) >= 11 is 1.94. The Kier molecular flexibility index (Phi) is 20.9. The molecule has 0 unspecified atom stereocenters. The van der Waals surface area contributed by atoms with Gasteiger partial charge in [-0.1, -0.05) is 367 Å². The molecule has 0 atom stereocenters. The van der Waals surface area contributed by atoms with Crippen LogP contribution in [0, 0.1) is 34.6 Å². The number of benzene rings is 16. The second-order valence-corrected chi connectivity index (χ2v) is 53.5. The van der Waals surface area contributed by atoms with Crippen LogP contribution >= 0.6 is 11.3 Å². The summed E-state index contributed by atoms with van der Waals surface area (Å²) in [6.07, 6.45) is 0. The number of fused-ring (bicyclic) bond motifs is 24. The minimum absolute atomic E-state index is 0.0108. The summed E-state index contributed by atoms with van der Waals surface area (Å²) < 4.78 is 15.3. The van der Waals surface area contributed by atoms with E-state index < -0.39 is 0 Å². The summed E-state index contributed by atoms with van der Waals surface area (Å²) in [5, 5.41) is 7.59. The van der Waals surface area contributed by atoms with Gasteiger partial charge >= 0.3 is 0 Å². The molecule has 26 rings (SSSR count). The largest absolute Gasteiger partial charge is 0.454 e. The molecule has 10 heteroatoms. The first-order chi connectivity index (χ1) is 70.4. The van der Waals surface area contributed by atoms with E-state index in [0.29, 0.717) is 0 Å². The average molecular weight is 1960 g/mol. The molecule has 4 aliphatic heterocycles. The zero-order chi connectivity index (χ0) is 104. The van der Waals surface area contributed by atoms with Crippen molar-refractivity contribution in [3.63, 3.8) is 0 Å². The van der Waals surface area contributed by atoms with Crippen molar-refractivity contribution in [2.24, 2.45) is 0 Å². The van der Waals surface area contributed by atoms with E-state index in [0.717, 1.165) is 44.7 Å². The predicted octanol–water partition coefficient (Wildman–Crippen LogP) is 34.9. The standard InChI is InChI=1S/C71H72BN3O.C68H66BN3S/c1-41-35-43(67(3,4)5)28-33-55(41)73(56-34-29-44(36-42(56)2)68(6,7)8)47-30-32-53-58(40-47)74(57-26-20-22-49-48-31-27-45(69(9,10)11)39-61(48)76-66(49)57)59-37-46(70(12,13)14)38-60-63(59)72(53)54-25-19-23-51-62-65(75(60)64(51)54)50-21-17-18-24-52(50)71(62,15)16;1-39-33-57-61-58(34-39)72-62-49(60-63(72)48-19-15-16-22-50(48)68(60,13)14)21-17-23-52(62)69(61)51-30-28-45(38-56(51)71(57)55-24-18-20-47-46-29-25-44(67(10,11)12)37-59(46)73-64(47)55)70(53-31-26-42(35-40(53)2)65(4,5)6)54-32-27-43(36-41(54)3)66(7,8)9/h17-40H,1-16H3;15-38H,1-14H3. The Bertz CT molecular complexity index is 9050. The number of rotatable bonds is 8. The second-order valence-electron chi connectivity index (χ2n) is 52.5. The normalized spacial score (nSPS) is 14.6. The van der Waals surface area contributed by atoms with Gasteiger partial charge in [-0.2, -0.15) is 0 Å². The van der Waals surface area contributed by atoms with Crippen molar-refractivity contribution in [2.45, 2.75) is 256 Å². The van der Waals surface area contributed by atoms with Gasteiger partial charge in [0, 0.05) is 138 Å². The van der Waals surface area contributed by atoms with E-state index >= 15 is 0 Å². The summed E-state index contributed by atoms with van der Waals surface area (Å²) in [5.41, 5.74) is 55.2. The maximum absolute atomic E-state index is 7.28. The fourth-order valence-corrected chi connectivity index (χ4v) is 27.7. The Morgan fingerprint density at radius 2 is 0.644 bits per heavy atom. The van der Waals surface area contributed by atoms with Gasteiger partial charge in [0.1, 0.15) is 5.58 Å². The van der Waals surface area contributed by atoms with Crippen LogP contribution in [0.15, 0.2) is 296 Å². The molecule has 0 N–H and O–H groups in total. The molecule has 8 heterocycles. The van der Waals surface area contributed by atoms with E-state index in [1.807, 2.05) is 11.3 Å². The topological polar surface area (TPSA) is 36.0 Å².